The van der Waals surface area contributed by atoms with Gasteiger partial charge in [0, 0.05) is 0 Å². The van der Waals surface area contributed by atoms with Gasteiger partial charge >= 0.3 is 132 Å². The van der Waals surface area contributed by atoms with Crippen LogP contribution in [0.2, 0.25) is 0 Å². The number of hydrogen-bond acceptors (Lipinski definition) is 0. The molecule has 0 fully saturated rings. The fraction of sp³-hybridized carbons (Fsp3) is 0. The molecule has 21 heavy (non-hydrogen) atoms. The zero-order chi connectivity index (χ0) is 14.1. The molecular weight excluding hydrogens is 306 g/mol. The zero-order valence-corrected chi connectivity index (χ0v) is 14.8. The van der Waals surface area contributed by atoms with Crippen LogP contribution in [0.4, 0.5) is 0 Å². The summed E-state index contributed by atoms with van der Waals surface area (Å²) in [6, 6.07) is 31.1. The van der Waals surface area contributed by atoms with Crippen molar-refractivity contribution in [1.29, 1.82) is 0 Å². The topological polar surface area (TPSA) is 0 Å². The van der Waals surface area contributed by atoms with E-state index in [1.165, 1.54) is 21.5 Å². The van der Waals surface area contributed by atoms with Crippen LogP contribution in [0.25, 0.3) is 21.5 Å². The molecule has 4 aromatic rings. The number of hydrogen-bond donors (Lipinski definition) is 0. The fourth-order valence-electron chi connectivity index (χ4n) is 2.93. The molecule has 0 unspecified atom stereocenters. The summed E-state index contributed by atoms with van der Waals surface area (Å²) < 4.78 is 3.10. The van der Waals surface area contributed by atoms with E-state index >= 15 is 0 Å². The van der Waals surface area contributed by atoms with Crippen LogP contribution >= 0.6 is 0 Å². The van der Waals surface area contributed by atoms with Crippen LogP contribution in [0.15, 0.2) is 84.9 Å². The predicted molar refractivity (Wildman–Crippen MR) is 87.2 cm³/mol. The molecular formula is C20H14Zn. The van der Waals surface area contributed by atoms with Gasteiger partial charge in [-0.3, -0.25) is 0 Å². The first kappa shape index (κ1) is 12.7. The van der Waals surface area contributed by atoms with Gasteiger partial charge in [0.1, 0.15) is 0 Å². The van der Waals surface area contributed by atoms with Crippen molar-refractivity contribution < 1.29 is 17.1 Å². The molecule has 0 N–H and O–H groups in total. The average Bonchev–Trinajstić information content (AvgIpc) is 2.55. The van der Waals surface area contributed by atoms with Crippen molar-refractivity contribution in [2.24, 2.45) is 0 Å². The Kier molecular flexibility index (Phi) is 3.29. The Morgan fingerprint density at radius 3 is 1.33 bits per heavy atom. The first-order valence-corrected chi connectivity index (χ1v) is 10.3. The van der Waals surface area contributed by atoms with Crippen LogP contribution < -0.4 is 8.32 Å². The van der Waals surface area contributed by atoms with E-state index in [2.05, 4.69) is 84.9 Å². The minimum absolute atomic E-state index is 0.898. The maximum absolute atomic E-state index is 2.38. The van der Waals surface area contributed by atoms with Crippen LogP contribution in [0.1, 0.15) is 0 Å². The molecule has 0 nitrogen and oxygen atoms in total. The van der Waals surface area contributed by atoms with E-state index in [9.17, 15) is 0 Å². The number of benzene rings is 4. The van der Waals surface area contributed by atoms with Crippen molar-refractivity contribution in [3.8, 4) is 0 Å². The Hall–Kier alpha value is -1.98. The zero-order valence-electron chi connectivity index (χ0n) is 11.8. The van der Waals surface area contributed by atoms with E-state index in [-0.39, 0.29) is 0 Å². The van der Waals surface area contributed by atoms with Crippen molar-refractivity contribution in [1.82, 2.24) is 0 Å². The predicted octanol–water partition coefficient (Wildman–Crippen LogP) is 4.03. The van der Waals surface area contributed by atoms with Gasteiger partial charge in [0.15, 0.2) is 0 Å². The summed E-state index contributed by atoms with van der Waals surface area (Å²) in [6.45, 7) is 0. The molecule has 0 spiro atoms. The van der Waals surface area contributed by atoms with Crippen molar-refractivity contribution >= 4 is 29.9 Å². The van der Waals surface area contributed by atoms with Gasteiger partial charge in [-0.1, -0.05) is 0 Å². The van der Waals surface area contributed by atoms with Crippen LogP contribution in [0.3, 0.4) is 0 Å². The van der Waals surface area contributed by atoms with Gasteiger partial charge in [-0.05, 0) is 0 Å². The summed E-state index contributed by atoms with van der Waals surface area (Å²) in [5, 5.41) is 5.40. The standard InChI is InChI=1S/2C10H7.Zn/c2*1-2-6-10-8-4-3-7-9(10)5-1;/h2*1-3,5-8H;. The molecule has 0 amide bonds. The Labute approximate surface area is 132 Å². The van der Waals surface area contributed by atoms with E-state index in [0.29, 0.717) is 0 Å². The third-order valence-corrected chi connectivity index (χ3v) is 7.59. The summed E-state index contributed by atoms with van der Waals surface area (Å²) in [5.74, 6) is 0. The number of fused-ring (bicyclic) bond motifs is 2. The van der Waals surface area contributed by atoms with Crippen LogP contribution in [-0.2, 0) is 17.1 Å². The van der Waals surface area contributed by atoms with Crippen molar-refractivity contribution in [2.75, 3.05) is 0 Å². The SMILES string of the molecule is c1ccc2c[c]([Zn][c]3ccc4ccccc4c3)ccc2c1. The fourth-order valence-corrected chi connectivity index (χ4v) is 6.26. The third kappa shape index (κ3) is 2.62. The summed E-state index contributed by atoms with van der Waals surface area (Å²) >= 11 is -0.898. The van der Waals surface area contributed by atoms with Gasteiger partial charge in [0.2, 0.25) is 0 Å². The monoisotopic (exact) mass is 318 g/mol. The van der Waals surface area contributed by atoms with Crippen LogP contribution in [0, 0.1) is 0 Å². The molecule has 4 rings (SSSR count). The first-order valence-electron chi connectivity index (χ1n) is 7.34. The van der Waals surface area contributed by atoms with Crippen LogP contribution in [0.5, 0.6) is 0 Å². The molecule has 0 saturated carbocycles. The molecule has 0 bridgehead atoms. The molecule has 96 valence electrons. The molecule has 1 heteroatoms. The molecule has 0 atom stereocenters. The molecule has 0 aliphatic heterocycles. The molecule has 0 aromatic heterocycles. The molecule has 0 aliphatic carbocycles. The minimum atomic E-state index is -0.898. The molecule has 0 heterocycles. The van der Waals surface area contributed by atoms with E-state index in [1.807, 2.05) is 0 Å². The molecule has 0 aliphatic rings. The van der Waals surface area contributed by atoms with Gasteiger partial charge in [-0.15, -0.1) is 0 Å². The van der Waals surface area contributed by atoms with Gasteiger partial charge in [0.05, 0.1) is 0 Å². The van der Waals surface area contributed by atoms with Gasteiger partial charge in [-0.2, -0.15) is 0 Å². The Balaban J connectivity index is 1.71. The first-order chi connectivity index (χ1) is 10.4. The van der Waals surface area contributed by atoms with Gasteiger partial charge < -0.3 is 0 Å². The average molecular weight is 320 g/mol. The van der Waals surface area contributed by atoms with Crippen LogP contribution in [-0.4, -0.2) is 0 Å². The van der Waals surface area contributed by atoms with E-state index in [0.717, 1.165) is 0 Å². The second kappa shape index (κ2) is 5.43. The van der Waals surface area contributed by atoms with E-state index in [4.69, 9.17) is 0 Å². The van der Waals surface area contributed by atoms with Gasteiger partial charge in [0.25, 0.3) is 0 Å². The van der Waals surface area contributed by atoms with Gasteiger partial charge in [-0.25, -0.2) is 0 Å². The second-order valence-corrected chi connectivity index (χ2v) is 9.71. The summed E-state index contributed by atoms with van der Waals surface area (Å²) in [6.07, 6.45) is 0. The van der Waals surface area contributed by atoms with Crippen molar-refractivity contribution in [3.63, 3.8) is 0 Å². The molecule has 0 saturated heterocycles. The Bertz CT molecular complexity index is 847. The third-order valence-electron chi connectivity index (χ3n) is 4.04. The van der Waals surface area contributed by atoms with Crippen molar-refractivity contribution in [2.45, 2.75) is 0 Å². The molecule has 4 aromatic carbocycles. The summed E-state index contributed by atoms with van der Waals surface area (Å²) in [5.41, 5.74) is 0. The quantitative estimate of drug-likeness (QED) is 0.489. The summed E-state index contributed by atoms with van der Waals surface area (Å²) in [4.78, 5) is 0. The second-order valence-electron chi connectivity index (χ2n) is 5.54. The Morgan fingerprint density at radius 1 is 0.429 bits per heavy atom. The maximum atomic E-state index is 2.38. The molecule has 0 radical (unpaired) electrons. The normalized spacial score (nSPS) is 10.7. The number of rotatable bonds is 2. The van der Waals surface area contributed by atoms with E-state index < -0.39 is 17.1 Å². The van der Waals surface area contributed by atoms with E-state index in [1.54, 1.807) is 8.32 Å². The van der Waals surface area contributed by atoms with Crippen molar-refractivity contribution in [3.05, 3.63) is 84.9 Å². The summed E-state index contributed by atoms with van der Waals surface area (Å²) in [7, 11) is 0. The Morgan fingerprint density at radius 2 is 0.857 bits per heavy atom.